The maximum absolute atomic E-state index is 11.0. The van der Waals surface area contributed by atoms with Gasteiger partial charge in [0.05, 0.1) is 6.04 Å². The summed E-state index contributed by atoms with van der Waals surface area (Å²) in [5, 5.41) is 11.6. The van der Waals surface area contributed by atoms with Gasteiger partial charge in [-0.25, -0.2) is 0 Å². The molecule has 62 valence electrons. The molecule has 0 aliphatic heterocycles. The molecule has 0 saturated carbocycles. The van der Waals surface area contributed by atoms with E-state index < -0.39 is 11.5 Å². The zero-order valence-corrected chi connectivity index (χ0v) is 7.01. The maximum atomic E-state index is 11.0. The van der Waals surface area contributed by atoms with Crippen molar-refractivity contribution >= 4 is 5.91 Å². The van der Waals surface area contributed by atoms with Crippen molar-refractivity contribution in [3.8, 4) is 12.3 Å². The van der Waals surface area contributed by atoms with Gasteiger partial charge in [-0.15, -0.1) is 6.42 Å². The third-order valence-electron chi connectivity index (χ3n) is 1.15. The highest BCUT2D eigenvalue weighted by molar-refractivity contribution is 5.84. The molecule has 0 radical (unpaired) electrons. The first kappa shape index (κ1) is 9.99. The second-order valence-corrected chi connectivity index (χ2v) is 2.92. The van der Waals surface area contributed by atoms with Crippen molar-refractivity contribution in [1.82, 2.24) is 5.32 Å². The van der Waals surface area contributed by atoms with Crippen LogP contribution in [0.4, 0.5) is 0 Å². The lowest BCUT2D eigenvalue weighted by atomic mass is 10.1. The van der Waals surface area contributed by atoms with Crippen LogP contribution in [0.15, 0.2) is 0 Å². The van der Waals surface area contributed by atoms with E-state index in [1.54, 1.807) is 6.92 Å². The fourth-order valence-electron chi connectivity index (χ4n) is 0.415. The second kappa shape index (κ2) is 3.40. The summed E-state index contributed by atoms with van der Waals surface area (Å²) in [6.07, 6.45) is 5.02. The number of nitrogens with one attached hydrogen (secondary N) is 1. The van der Waals surface area contributed by atoms with Gasteiger partial charge in [0.1, 0.15) is 5.60 Å². The lowest BCUT2D eigenvalue weighted by molar-refractivity contribution is -0.136. The molecule has 0 spiro atoms. The van der Waals surface area contributed by atoms with Crippen molar-refractivity contribution in [2.45, 2.75) is 32.4 Å². The summed E-state index contributed by atoms with van der Waals surface area (Å²) in [6, 6.07) is -0.339. The van der Waals surface area contributed by atoms with Crippen LogP contribution in [0, 0.1) is 12.3 Å². The van der Waals surface area contributed by atoms with Gasteiger partial charge >= 0.3 is 0 Å². The molecule has 1 unspecified atom stereocenters. The number of carbonyl (C=O) groups is 1. The van der Waals surface area contributed by atoms with Gasteiger partial charge in [-0.3, -0.25) is 4.79 Å². The van der Waals surface area contributed by atoms with E-state index in [0.29, 0.717) is 0 Å². The van der Waals surface area contributed by atoms with E-state index in [2.05, 4.69) is 11.2 Å². The fourth-order valence-corrected chi connectivity index (χ4v) is 0.415. The summed E-state index contributed by atoms with van der Waals surface area (Å²) >= 11 is 0. The van der Waals surface area contributed by atoms with Gasteiger partial charge in [-0.05, 0) is 20.8 Å². The topological polar surface area (TPSA) is 49.3 Å². The number of rotatable bonds is 2. The van der Waals surface area contributed by atoms with Crippen LogP contribution in [0.2, 0.25) is 0 Å². The van der Waals surface area contributed by atoms with Crippen LogP contribution in [0.3, 0.4) is 0 Å². The summed E-state index contributed by atoms with van der Waals surface area (Å²) in [5.74, 6) is 1.87. The Morgan fingerprint density at radius 2 is 2.18 bits per heavy atom. The van der Waals surface area contributed by atoms with Crippen molar-refractivity contribution in [2.24, 2.45) is 0 Å². The highest BCUT2D eigenvalue weighted by atomic mass is 16.3. The van der Waals surface area contributed by atoms with Gasteiger partial charge in [-0.1, -0.05) is 5.92 Å². The lowest BCUT2D eigenvalue weighted by Gasteiger charge is -2.17. The average molecular weight is 155 g/mol. The molecule has 1 atom stereocenters. The van der Waals surface area contributed by atoms with Gasteiger partial charge in [0, 0.05) is 0 Å². The van der Waals surface area contributed by atoms with E-state index in [0.717, 1.165) is 0 Å². The van der Waals surface area contributed by atoms with Gasteiger partial charge in [0.2, 0.25) is 0 Å². The number of terminal acetylenes is 1. The molecule has 0 aromatic rings. The minimum absolute atomic E-state index is 0.339. The average Bonchev–Trinajstić information content (AvgIpc) is 1.85. The lowest BCUT2D eigenvalue weighted by Crippen LogP contribution is -2.45. The van der Waals surface area contributed by atoms with E-state index in [-0.39, 0.29) is 6.04 Å². The summed E-state index contributed by atoms with van der Waals surface area (Å²) in [7, 11) is 0. The largest absolute Gasteiger partial charge is 0.381 e. The first-order valence-electron chi connectivity index (χ1n) is 3.37. The van der Waals surface area contributed by atoms with E-state index >= 15 is 0 Å². The van der Waals surface area contributed by atoms with Crippen LogP contribution in [0.1, 0.15) is 20.8 Å². The molecule has 1 amide bonds. The Labute approximate surface area is 66.8 Å². The minimum Gasteiger partial charge on any atom is -0.381 e. The van der Waals surface area contributed by atoms with Crippen LogP contribution in [0.25, 0.3) is 0 Å². The van der Waals surface area contributed by atoms with Crippen molar-refractivity contribution < 1.29 is 9.90 Å². The molecule has 0 aromatic heterocycles. The first-order chi connectivity index (χ1) is 4.88. The van der Waals surface area contributed by atoms with Crippen LogP contribution in [-0.2, 0) is 4.79 Å². The van der Waals surface area contributed by atoms with Gasteiger partial charge in [0.15, 0.2) is 0 Å². The monoisotopic (exact) mass is 155 g/mol. The molecule has 11 heavy (non-hydrogen) atoms. The zero-order chi connectivity index (χ0) is 9.07. The highest BCUT2D eigenvalue weighted by Crippen LogP contribution is 2.00. The van der Waals surface area contributed by atoms with Gasteiger partial charge < -0.3 is 10.4 Å². The molecule has 0 saturated heterocycles. The molecule has 0 bridgehead atoms. The second-order valence-electron chi connectivity index (χ2n) is 2.92. The van der Waals surface area contributed by atoms with E-state index in [1.165, 1.54) is 13.8 Å². The summed E-state index contributed by atoms with van der Waals surface area (Å²) in [6.45, 7) is 4.49. The molecule has 0 fully saturated rings. The Kier molecular flexibility index (Phi) is 3.09. The molecule has 3 heteroatoms. The molecule has 2 N–H and O–H groups in total. The molecule has 0 aromatic carbocycles. The van der Waals surface area contributed by atoms with Crippen molar-refractivity contribution in [2.75, 3.05) is 0 Å². The van der Waals surface area contributed by atoms with Crippen LogP contribution in [-0.4, -0.2) is 22.7 Å². The standard InChI is InChI=1S/C8H13NO2/c1-5-6(2)9-7(10)8(3,4)11/h1,6,11H,2-4H3,(H,9,10). The van der Waals surface area contributed by atoms with Crippen LogP contribution >= 0.6 is 0 Å². The Hall–Kier alpha value is -1.01. The Bertz CT molecular complexity index is 185. The minimum atomic E-state index is -1.36. The highest BCUT2D eigenvalue weighted by Gasteiger charge is 2.24. The normalized spacial score (nSPS) is 13.4. The number of amides is 1. The molecule has 0 aliphatic carbocycles. The van der Waals surface area contributed by atoms with Crippen LogP contribution in [0.5, 0.6) is 0 Å². The summed E-state index contributed by atoms with van der Waals surface area (Å²) in [4.78, 5) is 11.0. The Balaban J connectivity index is 4.01. The van der Waals surface area contributed by atoms with Crippen molar-refractivity contribution in [1.29, 1.82) is 0 Å². The number of aliphatic hydroxyl groups is 1. The SMILES string of the molecule is C#CC(C)NC(=O)C(C)(C)O. The number of carbonyl (C=O) groups excluding carboxylic acids is 1. The zero-order valence-electron chi connectivity index (χ0n) is 7.01. The number of hydrogen-bond acceptors (Lipinski definition) is 2. The molecular formula is C8H13NO2. The van der Waals surface area contributed by atoms with E-state index in [1.807, 2.05) is 0 Å². The van der Waals surface area contributed by atoms with Crippen molar-refractivity contribution in [3.63, 3.8) is 0 Å². The van der Waals surface area contributed by atoms with Gasteiger partial charge in [0.25, 0.3) is 5.91 Å². The van der Waals surface area contributed by atoms with Gasteiger partial charge in [-0.2, -0.15) is 0 Å². The Morgan fingerprint density at radius 1 is 1.73 bits per heavy atom. The third kappa shape index (κ3) is 3.64. The number of hydrogen-bond donors (Lipinski definition) is 2. The summed E-state index contributed by atoms with van der Waals surface area (Å²) < 4.78 is 0. The molecule has 0 aliphatic rings. The smallest absolute Gasteiger partial charge is 0.252 e. The maximum Gasteiger partial charge on any atom is 0.252 e. The molecular weight excluding hydrogens is 142 g/mol. The fraction of sp³-hybridized carbons (Fsp3) is 0.625. The quantitative estimate of drug-likeness (QED) is 0.547. The first-order valence-corrected chi connectivity index (χ1v) is 3.37. The van der Waals surface area contributed by atoms with Crippen LogP contribution < -0.4 is 5.32 Å². The molecule has 0 rings (SSSR count). The van der Waals surface area contributed by atoms with Crippen molar-refractivity contribution in [3.05, 3.63) is 0 Å². The summed E-state index contributed by atoms with van der Waals surface area (Å²) in [5.41, 5.74) is -1.36. The third-order valence-corrected chi connectivity index (χ3v) is 1.15. The van der Waals surface area contributed by atoms with E-state index in [9.17, 15) is 4.79 Å². The predicted octanol–water partition coefficient (Wildman–Crippen LogP) is -0.105. The van der Waals surface area contributed by atoms with E-state index in [4.69, 9.17) is 11.5 Å². The molecule has 3 nitrogen and oxygen atoms in total. The Morgan fingerprint density at radius 3 is 2.45 bits per heavy atom. The predicted molar refractivity (Wildman–Crippen MR) is 42.7 cm³/mol. The molecule has 0 heterocycles.